The molecule has 0 aromatic heterocycles. The summed E-state index contributed by atoms with van der Waals surface area (Å²) in [5, 5.41) is 12.7. The summed E-state index contributed by atoms with van der Waals surface area (Å²) in [6.45, 7) is 0. The Morgan fingerprint density at radius 1 is 0.941 bits per heavy atom. The molecular weight excluding hydrogens is 485 g/mol. The number of carbonyl (C=O) groups is 3. The lowest BCUT2D eigenvalue weighted by Crippen LogP contribution is -2.33. The Hall–Kier alpha value is -3.75. The number of fused-ring (bicyclic) bond motifs is 6. The average molecular weight is 500 g/mol. The van der Waals surface area contributed by atoms with Crippen LogP contribution in [0.4, 0.5) is 5.69 Å². The van der Waals surface area contributed by atoms with Crippen LogP contribution in [0.3, 0.4) is 0 Å². The molecule has 2 N–H and O–H groups in total. The average Bonchev–Trinajstić information content (AvgIpc) is 3.10. The van der Waals surface area contributed by atoms with E-state index in [9.17, 15) is 19.5 Å². The summed E-state index contributed by atoms with van der Waals surface area (Å²) in [7, 11) is 0. The number of hydrogen-bond donors (Lipinski definition) is 2. The van der Waals surface area contributed by atoms with Crippen LogP contribution in [0, 0.1) is 0 Å². The molecule has 1 amide bonds. The van der Waals surface area contributed by atoms with E-state index in [4.69, 9.17) is 37.4 Å². The van der Waals surface area contributed by atoms with Crippen molar-refractivity contribution in [2.75, 3.05) is 17.1 Å². The van der Waals surface area contributed by atoms with Gasteiger partial charge in [-0.05, 0) is 36.4 Å². The minimum absolute atomic E-state index is 0.0502. The van der Waals surface area contributed by atoms with Crippen LogP contribution in [-0.4, -0.2) is 34.7 Å². The van der Waals surface area contributed by atoms with Crippen LogP contribution < -0.4 is 14.8 Å². The van der Waals surface area contributed by atoms with Crippen molar-refractivity contribution in [3.8, 4) is 23.0 Å². The molecule has 172 valence electrons. The minimum Gasteiger partial charge on any atom is -0.508 e. The van der Waals surface area contributed by atoms with Gasteiger partial charge in [-0.15, -0.1) is 23.2 Å². The number of anilines is 1. The van der Waals surface area contributed by atoms with Gasteiger partial charge in [0.2, 0.25) is 5.91 Å². The van der Waals surface area contributed by atoms with Crippen LogP contribution in [0.5, 0.6) is 23.0 Å². The maximum absolute atomic E-state index is 13.0. The predicted molar refractivity (Wildman–Crippen MR) is 122 cm³/mol. The quantitative estimate of drug-likeness (QED) is 0.313. The summed E-state index contributed by atoms with van der Waals surface area (Å²) < 4.78 is 17.2. The molecule has 2 heterocycles. The van der Waals surface area contributed by atoms with E-state index in [1.807, 2.05) is 0 Å². The Balaban J connectivity index is 1.70. The number of carbonyl (C=O) groups excluding carboxylic acids is 3. The van der Waals surface area contributed by atoms with Gasteiger partial charge in [0.1, 0.15) is 34.8 Å². The SMILES string of the molecule is O=C(CCl)Nc1ccc2c(c1)C(=O)OC21c2ccc(O)cc2Oc2cc(OC(=O)CCl)ccc21. The van der Waals surface area contributed by atoms with E-state index in [1.54, 1.807) is 30.3 Å². The fourth-order valence-corrected chi connectivity index (χ4v) is 4.31. The molecule has 0 bridgehead atoms. The largest absolute Gasteiger partial charge is 0.508 e. The van der Waals surface area contributed by atoms with Crippen LogP contribution in [0.15, 0.2) is 54.6 Å². The zero-order valence-corrected chi connectivity index (χ0v) is 18.8. The first-order chi connectivity index (χ1) is 16.3. The van der Waals surface area contributed by atoms with E-state index in [0.29, 0.717) is 22.4 Å². The first-order valence-electron chi connectivity index (χ1n) is 10.0. The van der Waals surface area contributed by atoms with E-state index in [2.05, 4.69) is 5.32 Å². The number of amides is 1. The molecule has 5 rings (SSSR count). The van der Waals surface area contributed by atoms with Gasteiger partial charge in [0.05, 0.1) is 5.56 Å². The molecule has 0 aliphatic carbocycles. The number of phenolic OH excluding ortho intramolecular Hbond substituents is 1. The van der Waals surface area contributed by atoms with Crippen LogP contribution in [0.1, 0.15) is 27.0 Å². The smallest absolute Gasteiger partial charge is 0.340 e. The molecule has 0 saturated heterocycles. The monoisotopic (exact) mass is 499 g/mol. The number of phenols is 1. The summed E-state index contributed by atoms with van der Waals surface area (Å²) in [5.41, 5.74) is 0.738. The number of rotatable bonds is 4. The van der Waals surface area contributed by atoms with Crippen molar-refractivity contribution in [3.63, 3.8) is 0 Å². The number of nitrogens with one attached hydrogen (secondary N) is 1. The highest BCUT2D eigenvalue weighted by Gasteiger charge is 2.53. The summed E-state index contributed by atoms with van der Waals surface area (Å²) in [6.07, 6.45) is 0. The van der Waals surface area contributed by atoms with Gasteiger partial charge < -0.3 is 24.6 Å². The van der Waals surface area contributed by atoms with E-state index >= 15 is 0 Å². The highest BCUT2D eigenvalue weighted by atomic mass is 35.5. The number of aromatic hydroxyl groups is 1. The van der Waals surface area contributed by atoms with Gasteiger partial charge in [-0.25, -0.2) is 4.79 Å². The third-order valence-corrected chi connectivity index (χ3v) is 5.97. The number of esters is 2. The van der Waals surface area contributed by atoms with Gasteiger partial charge in [-0.3, -0.25) is 9.59 Å². The molecule has 0 radical (unpaired) electrons. The highest BCUT2D eigenvalue weighted by molar-refractivity contribution is 6.29. The molecule has 2 aliphatic heterocycles. The second-order valence-corrected chi connectivity index (χ2v) is 8.10. The second-order valence-electron chi connectivity index (χ2n) is 7.56. The lowest BCUT2D eigenvalue weighted by molar-refractivity contribution is -0.131. The molecule has 8 nitrogen and oxygen atoms in total. The first-order valence-corrected chi connectivity index (χ1v) is 11.1. The van der Waals surface area contributed by atoms with Crippen molar-refractivity contribution in [2.45, 2.75) is 5.60 Å². The summed E-state index contributed by atoms with van der Waals surface area (Å²) >= 11 is 11.1. The highest BCUT2D eigenvalue weighted by Crippen LogP contribution is 2.57. The third-order valence-electron chi connectivity index (χ3n) is 5.51. The van der Waals surface area contributed by atoms with Gasteiger partial charge in [-0.2, -0.15) is 0 Å². The minimum atomic E-state index is -1.40. The van der Waals surface area contributed by atoms with Crippen LogP contribution in [0.25, 0.3) is 0 Å². The Labute approximate surface area is 202 Å². The van der Waals surface area contributed by atoms with E-state index in [0.717, 1.165) is 0 Å². The second kappa shape index (κ2) is 8.23. The van der Waals surface area contributed by atoms with Crippen molar-refractivity contribution < 1.29 is 33.7 Å². The van der Waals surface area contributed by atoms with Crippen LogP contribution >= 0.6 is 23.2 Å². The topological polar surface area (TPSA) is 111 Å². The number of ether oxygens (including phenoxy) is 3. The molecule has 1 spiro atoms. The lowest BCUT2D eigenvalue weighted by Gasteiger charge is -2.36. The Bertz CT molecular complexity index is 1370. The van der Waals surface area contributed by atoms with Crippen LogP contribution in [-0.2, 0) is 19.9 Å². The zero-order chi connectivity index (χ0) is 24.0. The number of hydrogen-bond acceptors (Lipinski definition) is 7. The lowest BCUT2D eigenvalue weighted by atomic mass is 9.77. The van der Waals surface area contributed by atoms with E-state index < -0.39 is 23.4 Å². The maximum Gasteiger partial charge on any atom is 0.340 e. The maximum atomic E-state index is 13.0. The predicted octanol–water partition coefficient (Wildman–Crippen LogP) is 4.28. The van der Waals surface area contributed by atoms with Crippen molar-refractivity contribution in [2.24, 2.45) is 0 Å². The molecule has 2 aliphatic rings. The number of alkyl halides is 2. The van der Waals surface area contributed by atoms with Crippen molar-refractivity contribution in [1.29, 1.82) is 0 Å². The van der Waals surface area contributed by atoms with Crippen molar-refractivity contribution in [3.05, 3.63) is 76.9 Å². The Kier molecular flexibility index (Phi) is 5.34. The standard InChI is InChI=1S/C24H15Cl2NO7/c25-10-21(29)27-12-1-4-16-15(7-12)23(31)34-24(16)17-5-2-13(28)8-19(17)33-20-9-14(3-6-18(20)24)32-22(30)11-26/h1-9,28H,10-11H2,(H,27,29). The van der Waals surface area contributed by atoms with Crippen molar-refractivity contribution in [1.82, 2.24) is 0 Å². The van der Waals surface area contributed by atoms with Gasteiger partial charge in [0, 0.05) is 34.5 Å². The van der Waals surface area contributed by atoms with Gasteiger partial charge >= 0.3 is 11.9 Å². The van der Waals surface area contributed by atoms with Gasteiger partial charge in [-0.1, -0.05) is 6.07 Å². The van der Waals surface area contributed by atoms with Gasteiger partial charge in [0.15, 0.2) is 5.60 Å². The first kappa shape index (κ1) is 22.1. The fraction of sp³-hybridized carbons (Fsp3) is 0.125. The van der Waals surface area contributed by atoms with E-state index in [-0.39, 0.29) is 40.3 Å². The van der Waals surface area contributed by atoms with Gasteiger partial charge in [0.25, 0.3) is 0 Å². The molecule has 34 heavy (non-hydrogen) atoms. The molecule has 0 fully saturated rings. The summed E-state index contributed by atoms with van der Waals surface area (Å²) in [5.74, 6) is -1.57. The third kappa shape index (κ3) is 3.43. The zero-order valence-electron chi connectivity index (χ0n) is 17.3. The van der Waals surface area contributed by atoms with E-state index in [1.165, 1.54) is 24.3 Å². The fourth-order valence-electron chi connectivity index (χ4n) is 4.19. The molecule has 10 heteroatoms. The summed E-state index contributed by atoms with van der Waals surface area (Å²) in [6, 6.07) is 14.0. The number of halogens is 2. The normalized spacial score (nSPS) is 17.2. The Morgan fingerprint density at radius 3 is 2.38 bits per heavy atom. The molecule has 3 aromatic carbocycles. The summed E-state index contributed by atoms with van der Waals surface area (Å²) in [4.78, 5) is 36.4. The molecule has 1 unspecified atom stereocenters. The number of benzene rings is 3. The Morgan fingerprint density at radius 2 is 1.65 bits per heavy atom. The molecular formula is C24H15Cl2NO7. The molecule has 0 saturated carbocycles. The van der Waals surface area contributed by atoms with Crippen molar-refractivity contribution >= 4 is 46.7 Å². The molecule has 3 aromatic rings. The van der Waals surface area contributed by atoms with Crippen LogP contribution in [0.2, 0.25) is 0 Å². The molecule has 1 atom stereocenters.